The summed E-state index contributed by atoms with van der Waals surface area (Å²) in [4.78, 5) is 22.7. The number of halogens is 1. The third-order valence-electron chi connectivity index (χ3n) is 5.07. The Morgan fingerprint density at radius 1 is 1.17 bits per heavy atom. The summed E-state index contributed by atoms with van der Waals surface area (Å²) in [5, 5.41) is 4.05. The van der Waals surface area contributed by atoms with Crippen molar-refractivity contribution >= 4 is 50.0 Å². The molecule has 30 heavy (non-hydrogen) atoms. The van der Waals surface area contributed by atoms with E-state index in [0.717, 1.165) is 64.3 Å². The van der Waals surface area contributed by atoms with Gasteiger partial charge in [0.15, 0.2) is 5.13 Å². The van der Waals surface area contributed by atoms with E-state index in [1.165, 1.54) is 12.1 Å². The summed E-state index contributed by atoms with van der Waals surface area (Å²) < 4.78 is 14.0. The number of benzene rings is 2. The second kappa shape index (κ2) is 9.76. The maximum atomic E-state index is 12.9. The summed E-state index contributed by atoms with van der Waals surface area (Å²) in [5.41, 5.74) is 1.79. The van der Waals surface area contributed by atoms with Crippen LogP contribution in [-0.4, -0.2) is 54.8 Å². The average molecular weight is 445 g/mol. The van der Waals surface area contributed by atoms with Crippen LogP contribution in [0.1, 0.15) is 12.8 Å². The van der Waals surface area contributed by atoms with E-state index in [1.807, 2.05) is 18.2 Å². The summed E-state index contributed by atoms with van der Waals surface area (Å²) in [6, 6.07) is 12.4. The lowest BCUT2D eigenvalue weighted by atomic mass is 10.2. The number of likely N-dealkylation sites (N-methyl/N-ethyl adjacent to an activating group) is 1. The van der Waals surface area contributed by atoms with Gasteiger partial charge in [0.2, 0.25) is 5.91 Å². The normalized spacial score (nSPS) is 14.9. The summed E-state index contributed by atoms with van der Waals surface area (Å²) in [5.74, 6) is 0.603. The smallest absolute Gasteiger partial charge is 0.224 e. The summed E-state index contributed by atoms with van der Waals surface area (Å²) >= 11 is 3.32. The monoisotopic (exact) mass is 444 g/mol. The highest BCUT2D eigenvalue weighted by Gasteiger charge is 2.17. The predicted molar refractivity (Wildman–Crippen MR) is 124 cm³/mol. The number of hydrogen-bond donors (Lipinski definition) is 1. The minimum absolute atomic E-state index is 0.0119. The molecule has 0 spiro atoms. The zero-order valence-corrected chi connectivity index (χ0v) is 18.6. The lowest BCUT2D eigenvalue weighted by molar-refractivity contribution is -0.116. The average Bonchev–Trinajstić information content (AvgIpc) is 3.16. The number of aromatic nitrogens is 1. The Morgan fingerprint density at radius 2 is 1.93 bits per heavy atom. The quantitative estimate of drug-likeness (QED) is 0.423. The first-order valence-corrected chi connectivity index (χ1v) is 11.9. The number of rotatable bonds is 7. The van der Waals surface area contributed by atoms with Gasteiger partial charge < -0.3 is 15.1 Å². The van der Waals surface area contributed by atoms with Crippen LogP contribution >= 0.6 is 23.1 Å². The van der Waals surface area contributed by atoms with Crippen molar-refractivity contribution < 1.29 is 9.18 Å². The van der Waals surface area contributed by atoms with Gasteiger partial charge in [-0.3, -0.25) is 4.79 Å². The SMILES string of the molecule is CN1CCN(c2nc3ccc(NC(=O)CCCSc4ccc(F)cc4)cc3s2)CC1. The van der Waals surface area contributed by atoms with Gasteiger partial charge in [-0.2, -0.15) is 0 Å². The van der Waals surface area contributed by atoms with E-state index < -0.39 is 0 Å². The lowest BCUT2D eigenvalue weighted by Crippen LogP contribution is -2.44. The van der Waals surface area contributed by atoms with Crippen LogP contribution in [0.3, 0.4) is 0 Å². The number of carbonyl (C=O) groups excluding carboxylic acids is 1. The van der Waals surface area contributed by atoms with Crippen LogP contribution in [0.15, 0.2) is 47.4 Å². The van der Waals surface area contributed by atoms with Gasteiger partial charge in [0.1, 0.15) is 5.82 Å². The highest BCUT2D eigenvalue weighted by molar-refractivity contribution is 7.99. The molecule has 3 aromatic rings. The number of thioether (sulfide) groups is 1. The molecule has 1 aliphatic rings. The third kappa shape index (κ3) is 5.50. The summed E-state index contributed by atoms with van der Waals surface area (Å²) in [7, 11) is 2.14. The minimum atomic E-state index is -0.229. The Bertz CT molecular complexity index is 1000. The molecule has 4 rings (SSSR count). The number of fused-ring (bicyclic) bond motifs is 1. The standard InChI is InChI=1S/C22H25FN4OS2/c1-26-10-12-27(13-11-26)22-25-19-9-6-17(15-20(19)30-22)24-21(28)3-2-14-29-18-7-4-16(23)5-8-18/h4-9,15H,2-3,10-14H2,1H3,(H,24,28). The molecular weight excluding hydrogens is 419 g/mol. The van der Waals surface area contributed by atoms with Crippen molar-refractivity contribution in [3.63, 3.8) is 0 Å². The first kappa shape index (κ1) is 21.1. The maximum Gasteiger partial charge on any atom is 0.224 e. The molecule has 2 aromatic carbocycles. The van der Waals surface area contributed by atoms with Gasteiger partial charge in [-0.1, -0.05) is 11.3 Å². The Kier molecular flexibility index (Phi) is 6.86. The molecule has 0 bridgehead atoms. The van der Waals surface area contributed by atoms with E-state index in [0.29, 0.717) is 6.42 Å². The van der Waals surface area contributed by atoms with Crippen molar-refractivity contribution in [3.05, 3.63) is 48.3 Å². The lowest BCUT2D eigenvalue weighted by Gasteiger charge is -2.31. The molecule has 1 aliphatic heterocycles. The van der Waals surface area contributed by atoms with Gasteiger partial charge in [-0.25, -0.2) is 9.37 Å². The van der Waals surface area contributed by atoms with Crippen LogP contribution in [0.25, 0.3) is 10.2 Å². The number of hydrogen-bond acceptors (Lipinski definition) is 6. The molecular formula is C22H25FN4OS2. The van der Waals surface area contributed by atoms with Crippen molar-refractivity contribution in [1.29, 1.82) is 0 Å². The molecule has 0 radical (unpaired) electrons. The van der Waals surface area contributed by atoms with Gasteiger partial charge in [0.25, 0.3) is 0 Å². The van der Waals surface area contributed by atoms with Crippen LogP contribution in [0, 0.1) is 5.82 Å². The Balaban J connectivity index is 1.27. The first-order valence-electron chi connectivity index (χ1n) is 10.1. The number of thiazole rings is 1. The highest BCUT2D eigenvalue weighted by Crippen LogP contribution is 2.31. The highest BCUT2D eigenvalue weighted by atomic mass is 32.2. The minimum Gasteiger partial charge on any atom is -0.345 e. The van der Waals surface area contributed by atoms with Crippen molar-refractivity contribution in [3.8, 4) is 0 Å². The Labute approximate surface area is 184 Å². The number of amides is 1. The largest absolute Gasteiger partial charge is 0.345 e. The Hall–Kier alpha value is -2.16. The second-order valence-corrected chi connectivity index (χ2v) is 9.60. The van der Waals surface area contributed by atoms with Crippen molar-refractivity contribution in [2.45, 2.75) is 17.7 Å². The molecule has 0 atom stereocenters. The molecule has 0 saturated carbocycles. The van der Waals surface area contributed by atoms with Crippen molar-refractivity contribution in [2.24, 2.45) is 0 Å². The van der Waals surface area contributed by atoms with E-state index >= 15 is 0 Å². The van der Waals surface area contributed by atoms with Gasteiger partial charge >= 0.3 is 0 Å². The molecule has 1 N–H and O–H groups in total. The zero-order valence-electron chi connectivity index (χ0n) is 16.9. The zero-order chi connectivity index (χ0) is 20.9. The van der Waals surface area contributed by atoms with E-state index in [1.54, 1.807) is 35.2 Å². The first-order chi connectivity index (χ1) is 14.6. The number of piperazine rings is 1. The summed E-state index contributed by atoms with van der Waals surface area (Å²) in [6.45, 7) is 4.10. The second-order valence-electron chi connectivity index (χ2n) is 7.42. The van der Waals surface area contributed by atoms with Gasteiger partial charge in [-0.15, -0.1) is 11.8 Å². The van der Waals surface area contributed by atoms with Gasteiger partial charge in [-0.05, 0) is 61.7 Å². The van der Waals surface area contributed by atoms with Crippen LogP contribution in [0.4, 0.5) is 15.2 Å². The fourth-order valence-electron chi connectivity index (χ4n) is 3.30. The third-order valence-corrected chi connectivity index (χ3v) is 7.24. The maximum absolute atomic E-state index is 12.9. The molecule has 1 aromatic heterocycles. The fraction of sp³-hybridized carbons (Fsp3) is 0.364. The van der Waals surface area contributed by atoms with Crippen LogP contribution in [-0.2, 0) is 4.79 Å². The van der Waals surface area contributed by atoms with Crippen molar-refractivity contribution in [1.82, 2.24) is 9.88 Å². The van der Waals surface area contributed by atoms with E-state index in [9.17, 15) is 9.18 Å². The number of carbonyl (C=O) groups is 1. The molecule has 0 unspecified atom stereocenters. The van der Waals surface area contributed by atoms with E-state index in [2.05, 4.69) is 22.2 Å². The van der Waals surface area contributed by atoms with Crippen LogP contribution in [0.2, 0.25) is 0 Å². The van der Waals surface area contributed by atoms with E-state index in [-0.39, 0.29) is 11.7 Å². The molecule has 8 heteroatoms. The number of anilines is 2. The number of nitrogens with one attached hydrogen (secondary N) is 1. The van der Waals surface area contributed by atoms with Crippen LogP contribution < -0.4 is 10.2 Å². The predicted octanol–water partition coefficient (Wildman–Crippen LogP) is 4.70. The summed E-state index contributed by atoms with van der Waals surface area (Å²) in [6.07, 6.45) is 1.23. The van der Waals surface area contributed by atoms with E-state index in [4.69, 9.17) is 4.98 Å². The topological polar surface area (TPSA) is 48.5 Å². The molecule has 1 saturated heterocycles. The molecule has 1 amide bonds. The van der Waals surface area contributed by atoms with Crippen LogP contribution in [0.5, 0.6) is 0 Å². The fourth-order valence-corrected chi connectivity index (χ4v) is 5.21. The van der Waals surface area contributed by atoms with Gasteiger partial charge in [0.05, 0.1) is 10.2 Å². The van der Waals surface area contributed by atoms with Gasteiger partial charge in [0, 0.05) is 43.2 Å². The molecule has 1 fully saturated rings. The molecule has 2 heterocycles. The molecule has 0 aliphatic carbocycles. The Morgan fingerprint density at radius 3 is 2.70 bits per heavy atom. The number of nitrogens with zero attached hydrogens (tertiary/aromatic N) is 3. The van der Waals surface area contributed by atoms with Crippen molar-refractivity contribution in [2.75, 3.05) is 49.2 Å². The molecule has 5 nitrogen and oxygen atoms in total. The molecule has 158 valence electrons.